The van der Waals surface area contributed by atoms with Crippen molar-refractivity contribution in [1.29, 1.82) is 0 Å². The van der Waals surface area contributed by atoms with Crippen molar-refractivity contribution in [3.05, 3.63) is 28.0 Å². The minimum Gasteiger partial charge on any atom is -0.462 e. The Morgan fingerprint density at radius 1 is 1.30 bits per heavy atom. The van der Waals surface area contributed by atoms with Crippen LogP contribution in [0.4, 0.5) is 5.82 Å². The van der Waals surface area contributed by atoms with Gasteiger partial charge in [0.15, 0.2) is 5.65 Å². The molecule has 10 heteroatoms. The third-order valence-electron chi connectivity index (χ3n) is 4.97. The second-order valence-electron chi connectivity index (χ2n) is 6.58. The molecule has 0 amide bonds. The van der Waals surface area contributed by atoms with Gasteiger partial charge in [0.1, 0.15) is 15.8 Å². The maximum absolute atomic E-state index is 11.8. The topological polar surface area (TPSA) is 114 Å². The lowest BCUT2D eigenvalue weighted by Gasteiger charge is -2.29. The molecule has 0 aromatic carbocycles. The number of carbonyl (C=O) groups excluding carboxylic acids is 1. The number of halogens is 1. The molecule has 9 nitrogen and oxygen atoms in total. The van der Waals surface area contributed by atoms with Crippen LogP contribution < -0.4 is 5.73 Å². The summed E-state index contributed by atoms with van der Waals surface area (Å²) in [5.74, 6) is 0.139. The zero-order valence-electron chi connectivity index (χ0n) is 14.9. The first-order chi connectivity index (χ1) is 13.1. The summed E-state index contributed by atoms with van der Waals surface area (Å²) in [7, 11) is 0. The summed E-state index contributed by atoms with van der Waals surface area (Å²) < 4.78 is 9.72. The summed E-state index contributed by atoms with van der Waals surface area (Å²) in [4.78, 5) is 20.3. The lowest BCUT2D eigenvalue weighted by atomic mass is 9.91. The van der Waals surface area contributed by atoms with Gasteiger partial charge in [0.05, 0.1) is 35.8 Å². The van der Waals surface area contributed by atoms with Crippen LogP contribution in [0.3, 0.4) is 0 Å². The minimum absolute atomic E-state index is 0.265. The Morgan fingerprint density at radius 2 is 2.04 bits per heavy atom. The van der Waals surface area contributed by atoms with Gasteiger partial charge in [0.25, 0.3) is 0 Å². The predicted molar refractivity (Wildman–Crippen MR) is 107 cm³/mol. The van der Waals surface area contributed by atoms with Gasteiger partial charge in [-0.05, 0) is 55.2 Å². The third-order valence-corrected chi connectivity index (χ3v) is 5.73. The van der Waals surface area contributed by atoms with Gasteiger partial charge in [-0.3, -0.25) is 4.68 Å². The van der Waals surface area contributed by atoms with Crippen molar-refractivity contribution in [2.24, 2.45) is 0 Å². The highest BCUT2D eigenvalue weighted by atomic mass is 127. The summed E-state index contributed by atoms with van der Waals surface area (Å²) in [5, 5.41) is 9.84. The third kappa shape index (κ3) is 3.37. The van der Waals surface area contributed by atoms with E-state index >= 15 is 0 Å². The number of hydrogen-bond donors (Lipinski definition) is 1. The molecule has 1 aliphatic carbocycles. The van der Waals surface area contributed by atoms with Crippen LogP contribution in [0.15, 0.2) is 18.7 Å². The van der Waals surface area contributed by atoms with E-state index in [-0.39, 0.29) is 18.1 Å². The number of nitrogens with two attached hydrogens (primary N) is 1. The molecule has 0 bridgehead atoms. The maximum Gasteiger partial charge on any atom is 0.341 e. The van der Waals surface area contributed by atoms with Gasteiger partial charge in [-0.1, -0.05) is 0 Å². The van der Waals surface area contributed by atoms with Crippen LogP contribution in [0.5, 0.6) is 0 Å². The molecule has 0 saturated heterocycles. The highest BCUT2D eigenvalue weighted by Crippen LogP contribution is 2.36. The number of esters is 1. The normalized spacial score (nSPS) is 20.1. The predicted octanol–water partition coefficient (Wildman–Crippen LogP) is 2.74. The van der Waals surface area contributed by atoms with Crippen LogP contribution in [0, 0.1) is 3.70 Å². The van der Waals surface area contributed by atoms with Crippen LogP contribution in [-0.4, -0.2) is 42.1 Å². The molecule has 1 aliphatic rings. The molecule has 0 radical (unpaired) electrons. The Hall–Kier alpha value is -2.24. The summed E-state index contributed by atoms with van der Waals surface area (Å²) in [6.07, 6.45) is 8.65. The molecular formula is C17H20IN7O2. The van der Waals surface area contributed by atoms with Crippen molar-refractivity contribution in [3.8, 4) is 0 Å². The number of fused-ring (bicyclic) bond motifs is 1. The molecule has 2 N–H and O–H groups in total. The lowest BCUT2D eigenvalue weighted by molar-refractivity contribution is 0.0526. The number of aromatic nitrogens is 6. The number of ether oxygens (including phenoxy) is 1. The van der Waals surface area contributed by atoms with E-state index in [9.17, 15) is 4.79 Å². The fourth-order valence-electron chi connectivity index (χ4n) is 3.63. The first-order valence-electron chi connectivity index (χ1n) is 8.94. The van der Waals surface area contributed by atoms with Gasteiger partial charge < -0.3 is 10.5 Å². The lowest BCUT2D eigenvalue weighted by Crippen LogP contribution is -2.22. The Morgan fingerprint density at radius 3 is 2.78 bits per heavy atom. The van der Waals surface area contributed by atoms with Gasteiger partial charge in [0.2, 0.25) is 0 Å². The molecule has 27 heavy (non-hydrogen) atoms. The fraction of sp³-hybridized carbons (Fsp3) is 0.471. The largest absolute Gasteiger partial charge is 0.462 e. The van der Waals surface area contributed by atoms with E-state index in [0.717, 1.165) is 40.4 Å². The van der Waals surface area contributed by atoms with Crippen molar-refractivity contribution < 1.29 is 9.53 Å². The first-order valence-corrected chi connectivity index (χ1v) is 10.0. The van der Waals surface area contributed by atoms with E-state index in [1.807, 2.05) is 9.36 Å². The second kappa shape index (κ2) is 7.41. The van der Waals surface area contributed by atoms with E-state index in [0.29, 0.717) is 18.0 Å². The molecule has 0 unspecified atom stereocenters. The highest BCUT2D eigenvalue weighted by Gasteiger charge is 2.27. The van der Waals surface area contributed by atoms with Gasteiger partial charge in [0, 0.05) is 6.20 Å². The first kappa shape index (κ1) is 18.1. The monoisotopic (exact) mass is 481 g/mol. The van der Waals surface area contributed by atoms with Gasteiger partial charge in [-0.2, -0.15) is 10.2 Å². The van der Waals surface area contributed by atoms with Crippen molar-refractivity contribution in [2.75, 3.05) is 12.3 Å². The molecule has 0 spiro atoms. The molecule has 3 aromatic heterocycles. The van der Waals surface area contributed by atoms with Crippen LogP contribution in [0.25, 0.3) is 11.0 Å². The average molecular weight is 481 g/mol. The summed E-state index contributed by atoms with van der Waals surface area (Å²) >= 11 is 2.18. The average Bonchev–Trinajstić information content (AvgIpc) is 3.28. The van der Waals surface area contributed by atoms with Gasteiger partial charge in [-0.25, -0.2) is 19.4 Å². The van der Waals surface area contributed by atoms with E-state index in [1.165, 1.54) is 6.33 Å². The second-order valence-corrected chi connectivity index (χ2v) is 7.61. The zero-order valence-corrected chi connectivity index (χ0v) is 17.0. The minimum atomic E-state index is -0.327. The number of rotatable bonds is 4. The molecule has 3 heterocycles. The van der Waals surface area contributed by atoms with Crippen molar-refractivity contribution in [1.82, 2.24) is 29.5 Å². The van der Waals surface area contributed by atoms with Crippen molar-refractivity contribution in [3.63, 3.8) is 0 Å². The molecule has 0 aliphatic heterocycles. The van der Waals surface area contributed by atoms with Crippen LogP contribution >= 0.6 is 22.6 Å². The molecule has 0 atom stereocenters. The van der Waals surface area contributed by atoms with E-state index in [4.69, 9.17) is 10.5 Å². The van der Waals surface area contributed by atoms with Gasteiger partial charge in [-0.15, -0.1) is 0 Å². The SMILES string of the molecule is CCOC(=O)c1cnn(C2CCC(n3nc(I)c4c(N)ncnc43)CC2)c1. The molecule has 4 rings (SSSR count). The highest BCUT2D eigenvalue weighted by molar-refractivity contribution is 14.1. The van der Waals surface area contributed by atoms with Gasteiger partial charge >= 0.3 is 5.97 Å². The maximum atomic E-state index is 11.8. The number of nitrogens with zero attached hydrogens (tertiary/aromatic N) is 6. The van der Waals surface area contributed by atoms with Crippen LogP contribution in [0.2, 0.25) is 0 Å². The van der Waals surface area contributed by atoms with E-state index in [1.54, 1.807) is 19.3 Å². The number of hydrogen-bond acceptors (Lipinski definition) is 7. The molecular weight excluding hydrogens is 461 g/mol. The molecule has 3 aromatic rings. The Bertz CT molecular complexity index is 975. The number of anilines is 1. The Labute approximate surface area is 169 Å². The summed E-state index contributed by atoms with van der Waals surface area (Å²) in [5.41, 5.74) is 7.28. The number of nitrogen functional groups attached to an aromatic ring is 1. The van der Waals surface area contributed by atoms with E-state index in [2.05, 4.69) is 42.8 Å². The fourth-order valence-corrected chi connectivity index (χ4v) is 4.38. The molecule has 1 saturated carbocycles. The smallest absolute Gasteiger partial charge is 0.341 e. The van der Waals surface area contributed by atoms with E-state index < -0.39 is 0 Å². The number of carbonyl (C=O) groups is 1. The quantitative estimate of drug-likeness (QED) is 0.450. The summed E-state index contributed by atoms with van der Waals surface area (Å²) in [6, 6.07) is 0.534. The zero-order chi connectivity index (χ0) is 19.0. The van der Waals surface area contributed by atoms with Crippen LogP contribution in [-0.2, 0) is 4.74 Å². The molecule has 142 valence electrons. The standard InChI is InChI=1S/C17H20IN7O2/c1-2-27-17(26)10-7-22-24(8-10)11-3-5-12(6-4-11)25-16-13(14(18)23-25)15(19)20-9-21-16/h7-9,11-12H,2-6H2,1H3,(H2,19,20,21). The summed E-state index contributed by atoms with van der Waals surface area (Å²) in [6.45, 7) is 2.15. The van der Waals surface area contributed by atoms with Crippen molar-refractivity contribution in [2.45, 2.75) is 44.7 Å². The Balaban J connectivity index is 1.48. The van der Waals surface area contributed by atoms with Crippen LogP contribution in [0.1, 0.15) is 55.0 Å². The Kier molecular flexibility index (Phi) is 4.98. The molecule has 1 fully saturated rings. The van der Waals surface area contributed by atoms with Crippen molar-refractivity contribution >= 4 is 45.4 Å².